The van der Waals surface area contributed by atoms with Crippen molar-refractivity contribution in [1.82, 2.24) is 9.62 Å². The highest BCUT2D eigenvalue weighted by Crippen LogP contribution is 2.26. The maximum atomic E-state index is 12.1. The summed E-state index contributed by atoms with van der Waals surface area (Å²) in [6.07, 6.45) is 9.64. The second-order valence-corrected chi connectivity index (χ2v) is 8.22. The van der Waals surface area contributed by atoms with Crippen molar-refractivity contribution in [2.75, 3.05) is 19.3 Å². The van der Waals surface area contributed by atoms with Crippen LogP contribution in [0.5, 0.6) is 0 Å². The molecule has 1 heterocycles. The van der Waals surface area contributed by atoms with E-state index in [1.807, 2.05) is 0 Å². The molecule has 2 aliphatic rings. The second kappa shape index (κ2) is 6.89. The van der Waals surface area contributed by atoms with Crippen LogP contribution in [-0.4, -0.2) is 44.0 Å². The lowest BCUT2D eigenvalue weighted by Crippen LogP contribution is -2.49. The molecular formula is C14H26N2O3S. The summed E-state index contributed by atoms with van der Waals surface area (Å²) >= 11 is 0. The van der Waals surface area contributed by atoms with Gasteiger partial charge in [-0.15, -0.1) is 0 Å². The highest BCUT2D eigenvalue weighted by atomic mass is 32.2. The van der Waals surface area contributed by atoms with Crippen molar-refractivity contribution in [1.29, 1.82) is 0 Å². The molecule has 20 heavy (non-hydrogen) atoms. The van der Waals surface area contributed by atoms with Crippen LogP contribution < -0.4 is 5.32 Å². The van der Waals surface area contributed by atoms with Gasteiger partial charge in [0.2, 0.25) is 15.9 Å². The number of piperidine rings is 1. The zero-order valence-corrected chi connectivity index (χ0v) is 13.1. The number of carbonyl (C=O) groups excluding carboxylic acids is 1. The fourth-order valence-electron chi connectivity index (χ4n) is 3.30. The minimum Gasteiger partial charge on any atom is -0.352 e. The van der Waals surface area contributed by atoms with Gasteiger partial charge in [-0.3, -0.25) is 4.79 Å². The van der Waals surface area contributed by atoms with Crippen LogP contribution in [0.3, 0.4) is 0 Å². The standard InChI is InChI=1S/C14H26N2O3S/c1-20(18,19)16-9-5-8-13(11-16)15-14(17)10-12-6-3-2-4-7-12/h12-13H,2-11H2,1H3,(H,15,17). The molecule has 1 amide bonds. The first-order valence-electron chi connectivity index (χ1n) is 7.69. The topological polar surface area (TPSA) is 66.5 Å². The van der Waals surface area contributed by atoms with Crippen LogP contribution in [0.4, 0.5) is 0 Å². The summed E-state index contributed by atoms with van der Waals surface area (Å²) < 4.78 is 24.6. The lowest BCUT2D eigenvalue weighted by atomic mass is 9.87. The van der Waals surface area contributed by atoms with Crippen LogP contribution in [0.2, 0.25) is 0 Å². The van der Waals surface area contributed by atoms with Gasteiger partial charge in [-0.2, -0.15) is 0 Å². The highest BCUT2D eigenvalue weighted by molar-refractivity contribution is 7.88. The fraction of sp³-hybridized carbons (Fsp3) is 0.929. The lowest BCUT2D eigenvalue weighted by molar-refractivity contribution is -0.123. The molecule has 2 rings (SSSR count). The monoisotopic (exact) mass is 302 g/mol. The van der Waals surface area contributed by atoms with Crippen molar-refractivity contribution < 1.29 is 13.2 Å². The van der Waals surface area contributed by atoms with Gasteiger partial charge in [-0.25, -0.2) is 12.7 Å². The molecule has 1 N–H and O–H groups in total. The molecule has 2 fully saturated rings. The SMILES string of the molecule is CS(=O)(=O)N1CCCC(NC(=O)CC2CCCCC2)C1. The summed E-state index contributed by atoms with van der Waals surface area (Å²) in [7, 11) is -3.14. The minimum absolute atomic E-state index is 0.0189. The number of nitrogens with zero attached hydrogens (tertiary/aromatic N) is 1. The lowest BCUT2D eigenvalue weighted by Gasteiger charge is -2.32. The van der Waals surface area contributed by atoms with Gasteiger partial charge in [0.25, 0.3) is 0 Å². The van der Waals surface area contributed by atoms with Crippen molar-refractivity contribution in [3.05, 3.63) is 0 Å². The first kappa shape index (κ1) is 15.8. The Bertz CT molecular complexity index is 430. The quantitative estimate of drug-likeness (QED) is 0.856. The van der Waals surface area contributed by atoms with Gasteiger partial charge in [0.05, 0.1) is 6.26 Å². The molecule has 5 nitrogen and oxygen atoms in total. The molecule has 1 saturated carbocycles. The van der Waals surface area contributed by atoms with Crippen LogP contribution in [0.15, 0.2) is 0 Å². The Morgan fingerprint density at radius 2 is 1.85 bits per heavy atom. The predicted octanol–water partition coefficient (Wildman–Crippen LogP) is 1.50. The zero-order valence-electron chi connectivity index (χ0n) is 12.3. The van der Waals surface area contributed by atoms with E-state index in [1.165, 1.54) is 29.8 Å². The Morgan fingerprint density at radius 1 is 1.15 bits per heavy atom. The summed E-state index contributed by atoms with van der Waals surface area (Å²) in [5, 5.41) is 3.02. The Balaban J connectivity index is 1.78. The molecule has 1 unspecified atom stereocenters. The first-order valence-corrected chi connectivity index (χ1v) is 9.54. The first-order chi connectivity index (χ1) is 9.45. The Morgan fingerprint density at radius 3 is 2.50 bits per heavy atom. The molecule has 1 saturated heterocycles. The van der Waals surface area contributed by atoms with Crippen LogP contribution in [-0.2, 0) is 14.8 Å². The van der Waals surface area contributed by atoms with Crippen LogP contribution >= 0.6 is 0 Å². The summed E-state index contributed by atoms with van der Waals surface area (Å²) in [4.78, 5) is 12.1. The maximum Gasteiger partial charge on any atom is 0.220 e. The average molecular weight is 302 g/mol. The number of nitrogens with one attached hydrogen (secondary N) is 1. The Labute approximate surface area is 122 Å². The van der Waals surface area contributed by atoms with Gasteiger partial charge >= 0.3 is 0 Å². The molecule has 1 atom stereocenters. The summed E-state index contributed by atoms with van der Waals surface area (Å²) in [6, 6.07) is -0.0189. The van der Waals surface area contributed by atoms with Crippen molar-refractivity contribution in [3.8, 4) is 0 Å². The van der Waals surface area contributed by atoms with E-state index in [0.29, 0.717) is 25.4 Å². The number of carbonyl (C=O) groups is 1. The third-order valence-electron chi connectivity index (χ3n) is 4.42. The number of hydrogen-bond acceptors (Lipinski definition) is 3. The third-order valence-corrected chi connectivity index (χ3v) is 5.69. The fourth-order valence-corrected chi connectivity index (χ4v) is 4.21. The summed E-state index contributed by atoms with van der Waals surface area (Å²) in [5.74, 6) is 0.621. The van der Waals surface area contributed by atoms with E-state index in [-0.39, 0.29) is 11.9 Å². The molecule has 6 heteroatoms. The van der Waals surface area contributed by atoms with Crippen molar-refractivity contribution >= 4 is 15.9 Å². The van der Waals surface area contributed by atoms with Crippen LogP contribution in [0, 0.1) is 5.92 Å². The third kappa shape index (κ3) is 4.74. The van der Waals surface area contributed by atoms with Gasteiger partial charge in [0, 0.05) is 25.6 Å². The minimum atomic E-state index is -3.14. The van der Waals surface area contributed by atoms with Crippen LogP contribution in [0.25, 0.3) is 0 Å². The van der Waals surface area contributed by atoms with E-state index in [2.05, 4.69) is 5.32 Å². The molecule has 0 aromatic heterocycles. The van der Waals surface area contributed by atoms with E-state index < -0.39 is 10.0 Å². The number of hydrogen-bond donors (Lipinski definition) is 1. The zero-order chi connectivity index (χ0) is 14.6. The van der Waals surface area contributed by atoms with Crippen molar-refractivity contribution in [2.24, 2.45) is 5.92 Å². The van der Waals surface area contributed by atoms with Gasteiger partial charge in [-0.1, -0.05) is 19.3 Å². The van der Waals surface area contributed by atoms with Gasteiger partial charge in [-0.05, 0) is 31.6 Å². The molecule has 116 valence electrons. The average Bonchev–Trinajstić information content (AvgIpc) is 2.39. The number of sulfonamides is 1. The van der Waals surface area contributed by atoms with E-state index in [0.717, 1.165) is 25.7 Å². The predicted molar refractivity (Wildman–Crippen MR) is 78.8 cm³/mol. The van der Waals surface area contributed by atoms with E-state index in [1.54, 1.807) is 0 Å². The van der Waals surface area contributed by atoms with Crippen molar-refractivity contribution in [3.63, 3.8) is 0 Å². The molecule has 0 bridgehead atoms. The van der Waals surface area contributed by atoms with Gasteiger partial charge in [0.1, 0.15) is 0 Å². The van der Waals surface area contributed by atoms with Crippen molar-refractivity contribution in [2.45, 2.75) is 57.4 Å². The van der Waals surface area contributed by atoms with Gasteiger partial charge in [0.15, 0.2) is 0 Å². The molecule has 0 aromatic carbocycles. The summed E-state index contributed by atoms with van der Waals surface area (Å²) in [5.41, 5.74) is 0. The number of amides is 1. The smallest absolute Gasteiger partial charge is 0.220 e. The molecule has 0 aromatic rings. The van der Waals surface area contributed by atoms with E-state index in [4.69, 9.17) is 0 Å². The normalized spacial score (nSPS) is 26.4. The highest BCUT2D eigenvalue weighted by Gasteiger charge is 2.27. The molecule has 1 aliphatic heterocycles. The second-order valence-electron chi connectivity index (χ2n) is 6.24. The summed E-state index contributed by atoms with van der Waals surface area (Å²) in [6.45, 7) is 1.00. The largest absolute Gasteiger partial charge is 0.352 e. The molecule has 0 radical (unpaired) electrons. The van der Waals surface area contributed by atoms with E-state index in [9.17, 15) is 13.2 Å². The van der Waals surface area contributed by atoms with E-state index >= 15 is 0 Å². The molecular weight excluding hydrogens is 276 g/mol. The van der Waals surface area contributed by atoms with Gasteiger partial charge < -0.3 is 5.32 Å². The Kier molecular flexibility index (Phi) is 5.43. The molecule has 1 aliphatic carbocycles. The van der Waals surface area contributed by atoms with Crippen LogP contribution in [0.1, 0.15) is 51.4 Å². The Hall–Kier alpha value is -0.620. The maximum absolute atomic E-state index is 12.1. The number of rotatable bonds is 4. The molecule has 0 spiro atoms.